The lowest BCUT2D eigenvalue weighted by Crippen LogP contribution is -2.10. The van der Waals surface area contributed by atoms with Crippen LogP contribution in [0.3, 0.4) is 0 Å². The maximum Gasteiger partial charge on any atom is 0.308 e. The van der Waals surface area contributed by atoms with Crippen molar-refractivity contribution < 1.29 is 14.3 Å². The van der Waals surface area contributed by atoms with Crippen LogP contribution in [0.15, 0.2) is 30.3 Å². The second kappa shape index (κ2) is 10.1. The van der Waals surface area contributed by atoms with Crippen molar-refractivity contribution in [1.82, 2.24) is 0 Å². The molecule has 0 bridgehead atoms. The molecule has 3 aromatic carbocycles. The fourth-order valence-corrected chi connectivity index (χ4v) is 5.70. The number of ether oxygens (including phenoxy) is 2. The highest BCUT2D eigenvalue weighted by Crippen LogP contribution is 2.44. The monoisotopic (exact) mass is 470 g/mol. The largest absolute Gasteiger partial charge is 0.496 e. The van der Waals surface area contributed by atoms with Gasteiger partial charge in [0.05, 0.1) is 7.11 Å². The lowest BCUT2D eigenvalue weighted by Gasteiger charge is -2.26. The molecule has 3 heteroatoms. The van der Waals surface area contributed by atoms with Gasteiger partial charge in [0.15, 0.2) is 0 Å². The Bertz CT molecular complexity index is 1310. The van der Waals surface area contributed by atoms with Crippen LogP contribution in [0.25, 0.3) is 11.3 Å². The molecule has 3 rings (SSSR count). The number of esters is 1. The van der Waals surface area contributed by atoms with E-state index in [-0.39, 0.29) is 5.97 Å². The smallest absolute Gasteiger partial charge is 0.308 e. The Morgan fingerprint density at radius 2 is 1.03 bits per heavy atom. The number of benzene rings is 3. The Balaban J connectivity index is 2.67. The molecule has 0 aromatic heterocycles. The van der Waals surface area contributed by atoms with Crippen LogP contribution in [-0.2, 0) is 9.53 Å². The van der Waals surface area contributed by atoms with Gasteiger partial charge in [0.2, 0.25) is 0 Å². The van der Waals surface area contributed by atoms with Gasteiger partial charge in [-0.15, -0.1) is 0 Å². The molecule has 35 heavy (non-hydrogen) atoms. The first-order chi connectivity index (χ1) is 16.4. The van der Waals surface area contributed by atoms with Crippen LogP contribution in [0.4, 0.5) is 0 Å². The van der Waals surface area contributed by atoms with Gasteiger partial charge in [-0.05, 0) is 112 Å². The van der Waals surface area contributed by atoms with Crippen LogP contribution in [0.1, 0.15) is 73.7 Å². The molecule has 0 aliphatic rings. The summed E-state index contributed by atoms with van der Waals surface area (Å²) in [4.78, 5) is 12.6. The Kier molecular flexibility index (Phi) is 7.59. The molecule has 0 spiro atoms. The van der Waals surface area contributed by atoms with E-state index in [1.54, 1.807) is 7.11 Å². The van der Waals surface area contributed by atoms with E-state index in [0.29, 0.717) is 5.76 Å². The van der Waals surface area contributed by atoms with E-state index in [9.17, 15) is 4.79 Å². The third-order valence-electron chi connectivity index (χ3n) is 6.66. The summed E-state index contributed by atoms with van der Waals surface area (Å²) in [5.41, 5.74) is 14.1. The Labute approximate surface area is 210 Å². The van der Waals surface area contributed by atoms with Crippen molar-refractivity contribution in [3.63, 3.8) is 0 Å². The average Bonchev–Trinajstić information content (AvgIpc) is 2.70. The van der Waals surface area contributed by atoms with Crippen molar-refractivity contribution in [3.05, 3.63) is 97.1 Å². The zero-order valence-corrected chi connectivity index (χ0v) is 23.1. The van der Waals surface area contributed by atoms with Gasteiger partial charge in [0, 0.05) is 18.1 Å². The van der Waals surface area contributed by atoms with Gasteiger partial charge in [-0.3, -0.25) is 4.79 Å². The van der Waals surface area contributed by atoms with Crippen LogP contribution in [-0.4, -0.2) is 13.1 Å². The fraction of sp³-hybridized carbons (Fsp3) is 0.344. The van der Waals surface area contributed by atoms with E-state index >= 15 is 0 Å². The van der Waals surface area contributed by atoms with Crippen molar-refractivity contribution in [2.75, 3.05) is 7.11 Å². The minimum atomic E-state index is -0.339. The molecule has 0 radical (unpaired) electrons. The second-order valence-electron chi connectivity index (χ2n) is 9.89. The number of hydrogen-bond donors (Lipinski definition) is 0. The van der Waals surface area contributed by atoms with Crippen LogP contribution >= 0.6 is 0 Å². The van der Waals surface area contributed by atoms with Crippen LogP contribution in [0.2, 0.25) is 0 Å². The summed E-state index contributed by atoms with van der Waals surface area (Å²) in [5, 5.41) is 0. The predicted molar refractivity (Wildman–Crippen MR) is 146 cm³/mol. The third-order valence-corrected chi connectivity index (χ3v) is 6.66. The molecule has 0 amide bonds. The van der Waals surface area contributed by atoms with Gasteiger partial charge in [-0.2, -0.15) is 0 Å². The van der Waals surface area contributed by atoms with Crippen molar-refractivity contribution in [3.8, 4) is 5.75 Å². The zero-order chi connectivity index (χ0) is 26.2. The second-order valence-corrected chi connectivity index (χ2v) is 9.89. The summed E-state index contributed by atoms with van der Waals surface area (Å²) in [6.07, 6.45) is 0. The van der Waals surface area contributed by atoms with E-state index in [1.165, 1.54) is 18.1 Å². The first-order valence-electron chi connectivity index (χ1n) is 12.1. The highest BCUT2D eigenvalue weighted by molar-refractivity contribution is 6.02. The molecular formula is C32H38O3. The Morgan fingerprint density at radius 1 is 0.600 bits per heavy atom. The third kappa shape index (κ3) is 5.05. The van der Waals surface area contributed by atoms with Crippen LogP contribution < -0.4 is 4.74 Å². The molecular weight excluding hydrogens is 432 g/mol. The van der Waals surface area contributed by atoms with Gasteiger partial charge in [0.25, 0.3) is 0 Å². The zero-order valence-electron chi connectivity index (χ0n) is 23.1. The number of rotatable bonds is 5. The van der Waals surface area contributed by atoms with E-state index in [4.69, 9.17) is 9.47 Å². The van der Waals surface area contributed by atoms with Gasteiger partial charge in [-0.25, -0.2) is 0 Å². The summed E-state index contributed by atoms with van der Waals surface area (Å²) in [6, 6.07) is 10.8. The number of carbonyl (C=O) groups is 1. The summed E-state index contributed by atoms with van der Waals surface area (Å²) in [5.74, 6) is 1.11. The molecule has 0 saturated carbocycles. The first kappa shape index (κ1) is 26.3. The molecule has 0 N–H and O–H groups in total. The molecule has 0 aliphatic carbocycles. The SMILES string of the molecule is COc1c(C)cc(C)c(/C(=C(/OC(C)=O)c2c(C)cc(C)cc2C)c2c(C)cc(C)cc2C)c1C. The maximum atomic E-state index is 12.6. The van der Waals surface area contributed by atoms with E-state index < -0.39 is 0 Å². The summed E-state index contributed by atoms with van der Waals surface area (Å²) >= 11 is 0. The summed E-state index contributed by atoms with van der Waals surface area (Å²) in [6.45, 7) is 20.4. The normalized spacial score (nSPS) is 11.9. The average molecular weight is 471 g/mol. The fourth-order valence-electron chi connectivity index (χ4n) is 5.70. The van der Waals surface area contributed by atoms with E-state index in [2.05, 4.69) is 92.6 Å². The molecule has 0 saturated heterocycles. The maximum absolute atomic E-state index is 12.6. The number of hydrogen-bond acceptors (Lipinski definition) is 3. The van der Waals surface area contributed by atoms with Crippen molar-refractivity contribution in [2.45, 2.75) is 69.2 Å². The molecule has 0 aliphatic heterocycles. The standard InChI is InChI=1S/C32H38O3/c1-17-12-19(3)27(20(4)13-17)30(29-23(7)16-24(8)31(34-11)25(29)9)32(35-26(10)33)28-21(5)14-18(2)15-22(28)6/h12-16H,1-11H3/b32-30+. The Morgan fingerprint density at radius 3 is 1.46 bits per heavy atom. The minimum absolute atomic E-state index is 0.339. The molecule has 0 atom stereocenters. The predicted octanol–water partition coefficient (Wildman–Crippen LogP) is 7.95. The number of carbonyl (C=O) groups excluding carboxylic acids is 1. The number of aryl methyl sites for hydroxylation is 8. The first-order valence-corrected chi connectivity index (χ1v) is 12.1. The quantitative estimate of drug-likeness (QED) is 0.216. The highest BCUT2D eigenvalue weighted by Gasteiger charge is 2.27. The van der Waals surface area contributed by atoms with Crippen LogP contribution in [0, 0.1) is 62.3 Å². The Hall–Kier alpha value is -3.33. The minimum Gasteiger partial charge on any atom is -0.496 e. The van der Waals surface area contributed by atoms with E-state index in [1.807, 2.05) is 0 Å². The molecule has 3 nitrogen and oxygen atoms in total. The molecule has 0 heterocycles. The van der Waals surface area contributed by atoms with Gasteiger partial charge >= 0.3 is 5.97 Å². The van der Waals surface area contributed by atoms with Gasteiger partial charge in [-0.1, -0.05) is 41.5 Å². The summed E-state index contributed by atoms with van der Waals surface area (Å²) in [7, 11) is 1.71. The molecule has 184 valence electrons. The van der Waals surface area contributed by atoms with Crippen molar-refractivity contribution >= 4 is 17.3 Å². The molecule has 0 fully saturated rings. The lowest BCUT2D eigenvalue weighted by molar-refractivity contribution is -0.134. The molecule has 0 unspecified atom stereocenters. The van der Waals surface area contributed by atoms with Gasteiger partial charge in [0.1, 0.15) is 11.5 Å². The lowest BCUT2D eigenvalue weighted by atomic mass is 9.82. The highest BCUT2D eigenvalue weighted by atomic mass is 16.5. The van der Waals surface area contributed by atoms with E-state index in [0.717, 1.165) is 67.0 Å². The topological polar surface area (TPSA) is 35.5 Å². The van der Waals surface area contributed by atoms with Crippen molar-refractivity contribution in [2.24, 2.45) is 0 Å². The van der Waals surface area contributed by atoms with Crippen LogP contribution in [0.5, 0.6) is 5.75 Å². The molecule has 3 aromatic rings. The number of methoxy groups -OCH3 is 1. The van der Waals surface area contributed by atoms with Gasteiger partial charge < -0.3 is 9.47 Å². The summed E-state index contributed by atoms with van der Waals surface area (Å²) < 4.78 is 12.0. The van der Waals surface area contributed by atoms with Crippen molar-refractivity contribution in [1.29, 1.82) is 0 Å².